The summed E-state index contributed by atoms with van der Waals surface area (Å²) in [5.41, 5.74) is 0. The molecule has 3 nitrogen and oxygen atoms in total. The Kier molecular flexibility index (Phi) is 2.54. The summed E-state index contributed by atoms with van der Waals surface area (Å²) in [5, 5.41) is 2.99. The average Bonchev–Trinajstić information content (AvgIpc) is 3.10. The molecule has 0 saturated carbocycles. The lowest BCUT2D eigenvalue weighted by atomic mass is 10.6. The van der Waals surface area contributed by atoms with Crippen molar-refractivity contribution < 1.29 is 13.3 Å². The summed E-state index contributed by atoms with van der Waals surface area (Å²) in [6.07, 6.45) is 9.99. The van der Waals surface area contributed by atoms with Gasteiger partial charge in [0.15, 0.2) is 0 Å². The second kappa shape index (κ2) is 4.06. The van der Waals surface area contributed by atoms with Crippen LogP contribution in [0.4, 0.5) is 0 Å². The van der Waals surface area contributed by atoms with Crippen molar-refractivity contribution in [3.05, 3.63) is 55.8 Å². The normalized spacial score (nSPS) is 11.8. The van der Waals surface area contributed by atoms with Crippen LogP contribution in [0, 0.1) is 0 Å². The van der Waals surface area contributed by atoms with E-state index in [1.54, 1.807) is 37.6 Å². The van der Waals surface area contributed by atoms with Gasteiger partial charge in [-0.3, -0.25) is 0 Å². The van der Waals surface area contributed by atoms with Gasteiger partial charge in [-0.15, -0.1) is 0 Å². The first kappa shape index (κ1) is 10.6. The van der Waals surface area contributed by atoms with Crippen LogP contribution in [-0.4, -0.2) is 0 Å². The highest BCUT2D eigenvalue weighted by atomic mass is 32.4. The maximum absolute atomic E-state index is 5.89. The van der Waals surface area contributed by atoms with Gasteiger partial charge in [0.1, 0.15) is 0 Å². The van der Waals surface area contributed by atoms with E-state index < -0.39 is 6.04 Å². The minimum Gasteiger partial charge on any atom is -0.472 e. The maximum atomic E-state index is 5.89. The summed E-state index contributed by atoms with van der Waals surface area (Å²) in [4.78, 5) is 0. The van der Waals surface area contributed by atoms with Gasteiger partial charge >= 0.3 is 0 Å². The molecule has 5 heteroatoms. The van der Waals surface area contributed by atoms with Crippen LogP contribution in [0.3, 0.4) is 0 Å². The highest BCUT2D eigenvalue weighted by molar-refractivity contribution is 8.25. The Hall–Kier alpha value is -1.51. The lowest BCUT2D eigenvalue weighted by molar-refractivity contribution is 0.568. The van der Waals surface area contributed by atoms with Crippen molar-refractivity contribution in [3.63, 3.8) is 0 Å². The van der Waals surface area contributed by atoms with Gasteiger partial charge in [-0.25, -0.2) is 0 Å². The summed E-state index contributed by atoms with van der Waals surface area (Å²) in [7, 11) is 0. The molecule has 0 radical (unpaired) electrons. The number of furan rings is 3. The third kappa shape index (κ3) is 1.61. The number of rotatable bonds is 3. The summed E-state index contributed by atoms with van der Waals surface area (Å²) >= 11 is 5.89. The highest BCUT2D eigenvalue weighted by Crippen LogP contribution is 2.43. The molecule has 0 aliphatic heterocycles. The van der Waals surface area contributed by atoms with Crippen molar-refractivity contribution in [2.45, 2.75) is 0 Å². The van der Waals surface area contributed by atoms with Gasteiger partial charge in [0.2, 0.25) is 0 Å². The Morgan fingerprint density at radius 2 is 1.06 bits per heavy atom. The van der Waals surface area contributed by atoms with Crippen LogP contribution in [0.15, 0.2) is 69.0 Å². The minimum absolute atomic E-state index is 0.996. The van der Waals surface area contributed by atoms with Crippen LogP contribution in [-0.2, 0) is 11.8 Å². The molecule has 3 aromatic heterocycles. The fourth-order valence-electron chi connectivity index (χ4n) is 1.76. The van der Waals surface area contributed by atoms with Gasteiger partial charge < -0.3 is 13.3 Å². The topological polar surface area (TPSA) is 39.4 Å². The van der Waals surface area contributed by atoms with Crippen molar-refractivity contribution in [1.82, 2.24) is 0 Å². The maximum Gasteiger partial charge on any atom is 0.0993 e. The van der Waals surface area contributed by atoms with Crippen LogP contribution < -0.4 is 15.9 Å². The van der Waals surface area contributed by atoms with Gasteiger partial charge in [-0.1, -0.05) is 11.8 Å². The molecule has 17 heavy (non-hydrogen) atoms. The Labute approximate surface area is 103 Å². The second-order valence-corrected chi connectivity index (χ2v) is 7.96. The Morgan fingerprint density at radius 3 is 1.29 bits per heavy atom. The molecule has 3 aromatic rings. The summed E-state index contributed by atoms with van der Waals surface area (Å²) in [6.45, 7) is 0. The summed E-state index contributed by atoms with van der Waals surface area (Å²) in [6, 6.07) is 3.63. The lowest BCUT2D eigenvalue weighted by Gasteiger charge is -2.17. The Bertz CT molecular complexity index is 532. The van der Waals surface area contributed by atoms with Crippen molar-refractivity contribution in [1.29, 1.82) is 0 Å². The standard InChI is InChI=1S/C12H9O3PS/c17-16(10-1-4-13-7-10,11-2-5-14-8-11)12-3-6-15-9-12/h1-9H. The molecule has 0 aromatic carbocycles. The number of hydrogen-bond donors (Lipinski definition) is 0. The van der Waals surface area contributed by atoms with E-state index in [1.165, 1.54) is 0 Å². The molecule has 3 rings (SSSR count). The zero-order chi connectivity index (χ0) is 11.7. The van der Waals surface area contributed by atoms with Crippen molar-refractivity contribution in [3.8, 4) is 0 Å². The monoisotopic (exact) mass is 264 g/mol. The molecule has 0 N–H and O–H groups in total. The molecule has 3 heterocycles. The number of hydrogen-bond acceptors (Lipinski definition) is 4. The van der Waals surface area contributed by atoms with Gasteiger partial charge in [0.05, 0.1) is 37.6 Å². The third-order valence-electron chi connectivity index (χ3n) is 2.61. The van der Waals surface area contributed by atoms with E-state index in [-0.39, 0.29) is 0 Å². The summed E-state index contributed by atoms with van der Waals surface area (Å²) < 4.78 is 15.5. The fraction of sp³-hybridized carbons (Fsp3) is 0. The van der Waals surface area contributed by atoms with E-state index in [0.29, 0.717) is 0 Å². The SMILES string of the molecule is S=P(c1ccoc1)(c1ccoc1)c1ccoc1. The van der Waals surface area contributed by atoms with E-state index in [9.17, 15) is 0 Å². The zero-order valence-electron chi connectivity index (χ0n) is 8.78. The molecule has 0 bridgehead atoms. The van der Waals surface area contributed by atoms with Crippen molar-refractivity contribution in [2.24, 2.45) is 0 Å². The van der Waals surface area contributed by atoms with Crippen LogP contribution in [0.1, 0.15) is 0 Å². The second-order valence-electron chi connectivity index (χ2n) is 3.55. The molecule has 86 valence electrons. The predicted octanol–water partition coefficient (Wildman–Crippen LogP) is 2.22. The fourth-order valence-corrected chi connectivity index (χ4v) is 5.03. The first-order valence-corrected chi connectivity index (χ1v) is 7.80. The van der Waals surface area contributed by atoms with Crippen LogP contribution in [0.2, 0.25) is 0 Å². The minimum atomic E-state index is -2.08. The van der Waals surface area contributed by atoms with E-state index in [2.05, 4.69) is 0 Å². The van der Waals surface area contributed by atoms with Crippen LogP contribution >= 0.6 is 6.04 Å². The van der Waals surface area contributed by atoms with E-state index in [1.807, 2.05) is 18.2 Å². The van der Waals surface area contributed by atoms with Gasteiger partial charge in [-0.05, 0) is 18.2 Å². The molecule has 0 spiro atoms. The van der Waals surface area contributed by atoms with Crippen molar-refractivity contribution in [2.75, 3.05) is 0 Å². The molecule has 0 aliphatic carbocycles. The van der Waals surface area contributed by atoms with E-state index >= 15 is 0 Å². The molecule has 0 fully saturated rings. The molecule has 0 saturated heterocycles. The lowest BCUT2D eigenvalue weighted by Crippen LogP contribution is -2.21. The quantitative estimate of drug-likeness (QED) is 0.680. The van der Waals surface area contributed by atoms with Gasteiger partial charge in [-0.2, -0.15) is 0 Å². The smallest absolute Gasteiger partial charge is 0.0993 e. The van der Waals surface area contributed by atoms with Gasteiger partial charge in [0, 0.05) is 22.0 Å². The third-order valence-corrected chi connectivity index (χ3v) is 7.45. The Balaban J connectivity index is 2.26. The molecule has 0 amide bonds. The van der Waals surface area contributed by atoms with E-state index in [4.69, 9.17) is 25.1 Å². The van der Waals surface area contributed by atoms with E-state index in [0.717, 1.165) is 15.9 Å². The summed E-state index contributed by atoms with van der Waals surface area (Å²) in [5.74, 6) is 0. The van der Waals surface area contributed by atoms with Crippen molar-refractivity contribution >= 4 is 33.8 Å². The first-order chi connectivity index (χ1) is 8.32. The highest BCUT2D eigenvalue weighted by Gasteiger charge is 2.27. The zero-order valence-corrected chi connectivity index (χ0v) is 10.5. The molecule has 0 aliphatic rings. The molecular weight excluding hydrogens is 255 g/mol. The average molecular weight is 264 g/mol. The predicted molar refractivity (Wildman–Crippen MR) is 69.3 cm³/mol. The van der Waals surface area contributed by atoms with Gasteiger partial charge in [0.25, 0.3) is 0 Å². The first-order valence-electron chi connectivity index (χ1n) is 5.00. The van der Waals surface area contributed by atoms with Crippen LogP contribution in [0.5, 0.6) is 0 Å². The molecule has 0 atom stereocenters. The molecule has 0 unspecified atom stereocenters. The molecular formula is C12H9O3PS. The Morgan fingerprint density at radius 1 is 0.706 bits per heavy atom. The largest absolute Gasteiger partial charge is 0.472 e. The van der Waals surface area contributed by atoms with Crippen LogP contribution in [0.25, 0.3) is 0 Å².